The van der Waals surface area contributed by atoms with Gasteiger partial charge >= 0.3 is 0 Å². The molecule has 2 aromatic carbocycles. The minimum atomic E-state index is -0.446. The van der Waals surface area contributed by atoms with Crippen molar-refractivity contribution < 1.29 is 9.13 Å². The number of benzene rings is 2. The van der Waals surface area contributed by atoms with E-state index in [4.69, 9.17) is 4.74 Å². The van der Waals surface area contributed by atoms with Crippen molar-refractivity contribution in [1.82, 2.24) is 9.97 Å². The predicted octanol–water partition coefficient (Wildman–Crippen LogP) is 5.42. The summed E-state index contributed by atoms with van der Waals surface area (Å²) in [5.41, 5.74) is 2.78. The Hall–Kier alpha value is -3.47. The Morgan fingerprint density at radius 2 is 1.72 bits per heavy atom. The fourth-order valence-electron chi connectivity index (χ4n) is 3.36. The van der Waals surface area contributed by atoms with Crippen LogP contribution < -0.4 is 10.3 Å². The maximum absolute atomic E-state index is 12.9. The smallest absolute Gasteiger partial charge is 0.252 e. The van der Waals surface area contributed by atoms with Crippen LogP contribution in [0.15, 0.2) is 77.7 Å². The molecule has 0 saturated heterocycles. The Morgan fingerprint density at radius 1 is 0.897 bits per heavy atom. The predicted molar refractivity (Wildman–Crippen MR) is 112 cm³/mol. The van der Waals surface area contributed by atoms with Gasteiger partial charge in [-0.15, -0.1) is 0 Å². The van der Waals surface area contributed by atoms with E-state index >= 15 is 0 Å². The molecule has 0 amide bonds. The average molecular weight is 388 g/mol. The number of aromatic nitrogens is 2. The van der Waals surface area contributed by atoms with Crippen molar-refractivity contribution in [2.75, 3.05) is 0 Å². The highest BCUT2D eigenvalue weighted by atomic mass is 19.1. The summed E-state index contributed by atoms with van der Waals surface area (Å²) in [6.07, 6.45) is 5.39. The molecule has 2 aromatic heterocycles. The summed E-state index contributed by atoms with van der Waals surface area (Å²) in [6, 6.07) is 20.2. The van der Waals surface area contributed by atoms with E-state index in [0.29, 0.717) is 11.5 Å². The lowest BCUT2D eigenvalue weighted by Gasteiger charge is -2.10. The molecule has 0 radical (unpaired) electrons. The molecule has 0 unspecified atom stereocenters. The first-order valence-corrected chi connectivity index (χ1v) is 9.67. The van der Waals surface area contributed by atoms with Gasteiger partial charge in [-0.25, -0.2) is 4.98 Å². The van der Waals surface area contributed by atoms with Crippen molar-refractivity contribution in [2.24, 2.45) is 0 Å². The largest absolute Gasteiger partial charge is 0.456 e. The zero-order valence-corrected chi connectivity index (χ0v) is 15.9. The Balaban J connectivity index is 1.40. The number of para-hydroxylation sites is 1. The van der Waals surface area contributed by atoms with Gasteiger partial charge in [-0.3, -0.25) is 4.79 Å². The summed E-state index contributed by atoms with van der Waals surface area (Å²) in [5.74, 6) is 0.810. The quantitative estimate of drug-likeness (QED) is 0.340. The average Bonchev–Trinajstić information content (AvgIpc) is 2.73. The van der Waals surface area contributed by atoms with Gasteiger partial charge in [-0.2, -0.15) is 4.39 Å². The summed E-state index contributed by atoms with van der Waals surface area (Å²) in [6.45, 7) is 0. The lowest BCUT2D eigenvalue weighted by Crippen LogP contribution is -2.04. The van der Waals surface area contributed by atoms with Gasteiger partial charge in [-0.05, 0) is 67.1 Å². The minimum Gasteiger partial charge on any atom is -0.456 e. The number of H-pyrrole nitrogens is 1. The molecular weight excluding hydrogens is 367 g/mol. The minimum absolute atomic E-state index is 0.190. The molecule has 0 aliphatic rings. The first kappa shape index (κ1) is 18.9. The lowest BCUT2D eigenvalue weighted by atomic mass is 10.0. The number of rotatable bonds is 7. The topological polar surface area (TPSA) is 55.0 Å². The Bertz CT molecular complexity index is 1170. The third kappa shape index (κ3) is 4.88. The van der Waals surface area contributed by atoms with Crippen LogP contribution in [0, 0.1) is 5.95 Å². The molecule has 0 fully saturated rings. The number of aryl methyl sites for hydroxylation is 2. The number of nitrogens with zero attached hydrogens (tertiary/aromatic N) is 1. The van der Waals surface area contributed by atoms with E-state index in [1.54, 1.807) is 12.3 Å². The van der Waals surface area contributed by atoms with Gasteiger partial charge in [0.15, 0.2) is 0 Å². The van der Waals surface area contributed by atoms with Gasteiger partial charge in [0.25, 0.3) is 5.56 Å². The molecule has 4 aromatic rings. The van der Waals surface area contributed by atoms with Crippen molar-refractivity contribution in [3.63, 3.8) is 0 Å². The van der Waals surface area contributed by atoms with E-state index in [9.17, 15) is 9.18 Å². The maximum atomic E-state index is 12.9. The summed E-state index contributed by atoms with van der Waals surface area (Å²) in [5, 5.41) is 0.866. The highest BCUT2D eigenvalue weighted by molar-refractivity contribution is 5.84. The zero-order chi connectivity index (χ0) is 20.1. The van der Waals surface area contributed by atoms with Gasteiger partial charge in [0.2, 0.25) is 5.95 Å². The molecule has 0 spiro atoms. The molecule has 146 valence electrons. The third-order valence-electron chi connectivity index (χ3n) is 4.81. The summed E-state index contributed by atoms with van der Waals surface area (Å²) < 4.78 is 18.9. The zero-order valence-electron chi connectivity index (χ0n) is 15.9. The number of hydrogen-bond donors (Lipinski definition) is 1. The van der Waals surface area contributed by atoms with Crippen LogP contribution in [0.1, 0.15) is 24.0 Å². The van der Waals surface area contributed by atoms with Crippen molar-refractivity contribution in [2.45, 2.75) is 25.7 Å². The van der Waals surface area contributed by atoms with Gasteiger partial charge in [0.1, 0.15) is 11.5 Å². The second-order valence-corrected chi connectivity index (χ2v) is 6.99. The Labute approximate surface area is 168 Å². The van der Waals surface area contributed by atoms with E-state index in [0.717, 1.165) is 42.1 Å². The molecule has 0 aliphatic heterocycles. The van der Waals surface area contributed by atoms with Gasteiger partial charge < -0.3 is 9.72 Å². The molecule has 0 saturated carbocycles. The second-order valence-electron chi connectivity index (χ2n) is 6.99. The van der Waals surface area contributed by atoms with E-state index < -0.39 is 5.95 Å². The summed E-state index contributed by atoms with van der Waals surface area (Å²) in [7, 11) is 0. The number of pyridine rings is 2. The number of aromatic amines is 1. The molecule has 0 atom stereocenters. The molecular formula is C24H21FN2O2. The number of fused-ring (bicyclic) bond motifs is 1. The second kappa shape index (κ2) is 8.69. The van der Waals surface area contributed by atoms with Crippen LogP contribution in [0.25, 0.3) is 10.9 Å². The molecule has 5 heteroatoms. The van der Waals surface area contributed by atoms with E-state index in [-0.39, 0.29) is 5.56 Å². The lowest BCUT2D eigenvalue weighted by molar-refractivity contribution is 0.486. The highest BCUT2D eigenvalue weighted by Gasteiger charge is 2.06. The van der Waals surface area contributed by atoms with E-state index in [2.05, 4.69) is 16.0 Å². The van der Waals surface area contributed by atoms with Crippen molar-refractivity contribution in [1.29, 1.82) is 0 Å². The van der Waals surface area contributed by atoms with Gasteiger partial charge in [-0.1, -0.05) is 30.3 Å². The normalized spacial score (nSPS) is 10.9. The van der Waals surface area contributed by atoms with Crippen LogP contribution in [-0.4, -0.2) is 9.97 Å². The van der Waals surface area contributed by atoms with Crippen LogP contribution in [0.3, 0.4) is 0 Å². The number of hydrogen-bond acceptors (Lipinski definition) is 3. The summed E-state index contributed by atoms with van der Waals surface area (Å²) in [4.78, 5) is 18.4. The highest BCUT2D eigenvalue weighted by Crippen LogP contribution is 2.28. The molecule has 4 nitrogen and oxygen atoms in total. The molecule has 4 rings (SSSR count). The van der Waals surface area contributed by atoms with Crippen molar-refractivity contribution in [3.05, 3.63) is 100 Å². The van der Waals surface area contributed by atoms with Crippen molar-refractivity contribution >= 4 is 10.9 Å². The Kier molecular flexibility index (Phi) is 5.66. The Morgan fingerprint density at radius 3 is 2.55 bits per heavy atom. The fraction of sp³-hybridized carbons (Fsp3) is 0.167. The number of halogens is 1. The van der Waals surface area contributed by atoms with E-state index in [1.807, 2.05) is 42.5 Å². The van der Waals surface area contributed by atoms with Crippen LogP contribution in [0.4, 0.5) is 4.39 Å². The third-order valence-corrected chi connectivity index (χ3v) is 4.81. The maximum Gasteiger partial charge on any atom is 0.252 e. The van der Waals surface area contributed by atoms with Crippen LogP contribution in [0.5, 0.6) is 11.5 Å². The first-order chi connectivity index (χ1) is 14.2. The van der Waals surface area contributed by atoms with Crippen molar-refractivity contribution in [3.8, 4) is 11.5 Å². The SMILES string of the molecule is O=c1cc(Oc2cccc(CCCCc3ccc(F)nc3)c2)c2ccccc2[nH]1. The standard InChI is InChI=1S/C24H21FN2O2/c25-23-13-12-18(16-26-23)7-2-1-6-17-8-5-9-19(14-17)29-22-15-24(28)27-21-11-4-3-10-20(21)22/h3-5,8-16H,1-2,6-7H2,(H,27,28). The number of nitrogens with one attached hydrogen (secondary N) is 1. The molecule has 0 bridgehead atoms. The fourth-order valence-corrected chi connectivity index (χ4v) is 3.36. The summed E-state index contributed by atoms with van der Waals surface area (Å²) >= 11 is 0. The molecule has 0 aliphatic carbocycles. The van der Waals surface area contributed by atoms with Crippen LogP contribution >= 0.6 is 0 Å². The molecule has 2 heterocycles. The van der Waals surface area contributed by atoms with E-state index in [1.165, 1.54) is 17.7 Å². The van der Waals surface area contributed by atoms with Crippen LogP contribution in [0.2, 0.25) is 0 Å². The number of ether oxygens (including phenoxy) is 1. The molecule has 29 heavy (non-hydrogen) atoms. The van der Waals surface area contributed by atoms with Gasteiger partial charge in [0.05, 0.1) is 5.52 Å². The van der Waals surface area contributed by atoms with Gasteiger partial charge in [0, 0.05) is 17.6 Å². The number of unbranched alkanes of at least 4 members (excludes halogenated alkanes) is 1. The first-order valence-electron chi connectivity index (χ1n) is 9.67. The molecule has 1 N–H and O–H groups in total. The van der Waals surface area contributed by atoms with Crippen LogP contribution in [-0.2, 0) is 12.8 Å². The monoisotopic (exact) mass is 388 g/mol.